The van der Waals surface area contributed by atoms with E-state index < -0.39 is 21.9 Å². The van der Waals surface area contributed by atoms with E-state index in [4.69, 9.17) is 11.6 Å². The Balaban J connectivity index is 1.26. The topological polar surface area (TPSA) is 84.3 Å². The maximum atomic E-state index is 13.2. The maximum absolute atomic E-state index is 13.2. The van der Waals surface area contributed by atoms with E-state index in [-0.39, 0.29) is 53.8 Å². The van der Waals surface area contributed by atoms with Crippen molar-refractivity contribution in [2.45, 2.75) is 55.6 Å². The van der Waals surface area contributed by atoms with Gasteiger partial charge in [-0.3, -0.25) is 9.48 Å². The summed E-state index contributed by atoms with van der Waals surface area (Å²) in [4.78, 5) is 12.8. The lowest BCUT2D eigenvalue weighted by molar-refractivity contribution is -0.141. The Morgan fingerprint density at radius 1 is 1.12 bits per heavy atom. The second-order valence-electron chi connectivity index (χ2n) is 8.68. The van der Waals surface area contributed by atoms with Crippen LogP contribution in [0.2, 0.25) is 5.02 Å². The molecule has 0 atom stereocenters. The Labute approximate surface area is 201 Å². The largest absolute Gasteiger partial charge is 0.436 e. The fourth-order valence-electron chi connectivity index (χ4n) is 4.24. The molecule has 0 bridgehead atoms. The van der Waals surface area contributed by atoms with Gasteiger partial charge in [0.2, 0.25) is 15.9 Å². The molecule has 4 rings (SSSR count). The van der Waals surface area contributed by atoms with Crippen LogP contribution in [0, 0.1) is 5.92 Å². The Hall–Kier alpha value is -2.11. The van der Waals surface area contributed by atoms with Crippen LogP contribution in [0.15, 0.2) is 35.2 Å². The summed E-state index contributed by atoms with van der Waals surface area (Å²) in [6.45, 7) is 1.01. The number of sulfonamides is 1. The lowest BCUT2D eigenvalue weighted by atomic mass is 9.97. The molecule has 1 aromatic carbocycles. The first-order valence-electron chi connectivity index (χ1n) is 11.3. The van der Waals surface area contributed by atoms with Crippen LogP contribution in [0.25, 0.3) is 0 Å². The smallest absolute Gasteiger partial charge is 0.356 e. The van der Waals surface area contributed by atoms with Crippen molar-refractivity contribution < 1.29 is 26.4 Å². The standard InChI is InChI=1S/C22H26ClF3N4O3S/c23-18-19(15-7-8-15)30(28-20(18)22(24,25)26)12-4-11-27-21(31)16-9-13-29(14-10-16)34(32,33)17-5-2-1-3-6-17/h1-3,5-6,15-16H,4,7-14H2,(H,27,31). The number of carbonyl (C=O) groups excluding carboxylic acids is 1. The minimum Gasteiger partial charge on any atom is -0.356 e. The van der Waals surface area contributed by atoms with Crippen molar-refractivity contribution >= 4 is 27.5 Å². The lowest BCUT2D eigenvalue weighted by Gasteiger charge is -2.30. The van der Waals surface area contributed by atoms with Crippen molar-refractivity contribution in [2.75, 3.05) is 19.6 Å². The quantitative estimate of drug-likeness (QED) is 0.535. The van der Waals surface area contributed by atoms with Crippen LogP contribution in [-0.2, 0) is 27.5 Å². The summed E-state index contributed by atoms with van der Waals surface area (Å²) in [5, 5.41) is 6.19. The molecule has 12 heteroatoms. The van der Waals surface area contributed by atoms with Crippen LogP contribution in [-0.4, -0.2) is 48.0 Å². The van der Waals surface area contributed by atoms with Gasteiger partial charge in [0, 0.05) is 38.0 Å². The van der Waals surface area contributed by atoms with Gasteiger partial charge in [0.15, 0.2) is 5.69 Å². The number of nitrogens with one attached hydrogen (secondary N) is 1. The first-order chi connectivity index (χ1) is 16.1. The average Bonchev–Trinajstić information content (AvgIpc) is 3.59. The van der Waals surface area contributed by atoms with E-state index in [1.807, 2.05) is 0 Å². The van der Waals surface area contributed by atoms with E-state index in [1.54, 1.807) is 30.3 Å². The molecular weight excluding hydrogens is 493 g/mol. The highest BCUT2D eigenvalue weighted by atomic mass is 35.5. The molecule has 1 aromatic heterocycles. The number of benzene rings is 1. The summed E-state index contributed by atoms with van der Waals surface area (Å²) >= 11 is 5.98. The van der Waals surface area contributed by atoms with Crippen LogP contribution in [0.1, 0.15) is 49.4 Å². The van der Waals surface area contributed by atoms with Gasteiger partial charge in [-0.2, -0.15) is 22.6 Å². The third kappa shape index (κ3) is 5.41. The molecule has 2 fully saturated rings. The van der Waals surface area contributed by atoms with E-state index in [2.05, 4.69) is 10.4 Å². The van der Waals surface area contributed by atoms with Crippen molar-refractivity contribution in [3.63, 3.8) is 0 Å². The number of hydrogen-bond acceptors (Lipinski definition) is 4. The van der Waals surface area contributed by atoms with Crippen molar-refractivity contribution in [2.24, 2.45) is 5.92 Å². The molecular formula is C22H26ClF3N4O3S. The normalized spacial score (nSPS) is 18.2. The van der Waals surface area contributed by atoms with Crippen molar-refractivity contribution in [3.8, 4) is 0 Å². The van der Waals surface area contributed by atoms with Gasteiger partial charge in [-0.25, -0.2) is 8.42 Å². The van der Waals surface area contributed by atoms with Gasteiger partial charge in [-0.1, -0.05) is 29.8 Å². The number of alkyl halides is 3. The van der Waals surface area contributed by atoms with Gasteiger partial charge in [-0.05, 0) is 44.2 Å². The second kappa shape index (κ2) is 9.87. The Morgan fingerprint density at radius 3 is 2.35 bits per heavy atom. The van der Waals surface area contributed by atoms with E-state index in [0.717, 1.165) is 12.8 Å². The minimum absolute atomic E-state index is 0.00282. The average molecular weight is 519 g/mol. The molecule has 1 saturated heterocycles. The number of aryl methyl sites for hydroxylation is 1. The molecule has 1 aliphatic heterocycles. The zero-order chi connectivity index (χ0) is 24.5. The molecule has 0 spiro atoms. The molecule has 34 heavy (non-hydrogen) atoms. The predicted molar refractivity (Wildman–Crippen MR) is 120 cm³/mol. The van der Waals surface area contributed by atoms with Crippen molar-refractivity contribution in [3.05, 3.63) is 46.7 Å². The molecule has 7 nitrogen and oxygen atoms in total. The summed E-state index contributed by atoms with van der Waals surface area (Å²) in [7, 11) is -3.58. The zero-order valence-corrected chi connectivity index (χ0v) is 20.0. The van der Waals surface area contributed by atoms with Crippen molar-refractivity contribution in [1.82, 2.24) is 19.4 Å². The molecule has 0 radical (unpaired) electrons. The number of halogens is 4. The Kier molecular flexibility index (Phi) is 7.25. The monoisotopic (exact) mass is 518 g/mol. The van der Waals surface area contributed by atoms with Gasteiger partial charge in [0.1, 0.15) is 0 Å². The van der Waals surface area contributed by atoms with E-state index in [9.17, 15) is 26.4 Å². The molecule has 1 N–H and O–H groups in total. The second-order valence-corrected chi connectivity index (χ2v) is 11.0. The number of amides is 1. The summed E-state index contributed by atoms with van der Waals surface area (Å²) in [5.41, 5.74) is -0.635. The number of piperidine rings is 1. The Bertz CT molecular complexity index is 1130. The molecule has 1 saturated carbocycles. The van der Waals surface area contributed by atoms with Crippen molar-refractivity contribution in [1.29, 1.82) is 0 Å². The third-order valence-electron chi connectivity index (χ3n) is 6.22. The van der Waals surface area contributed by atoms with Crippen LogP contribution in [0.5, 0.6) is 0 Å². The minimum atomic E-state index is -4.61. The first kappa shape index (κ1) is 25.0. The zero-order valence-electron chi connectivity index (χ0n) is 18.4. The number of hydrogen-bond donors (Lipinski definition) is 1. The van der Waals surface area contributed by atoms with Crippen LogP contribution >= 0.6 is 11.6 Å². The van der Waals surface area contributed by atoms with Gasteiger partial charge in [0.05, 0.1) is 15.6 Å². The number of nitrogens with zero attached hydrogens (tertiary/aromatic N) is 3. The van der Waals surface area contributed by atoms with Gasteiger partial charge in [-0.15, -0.1) is 0 Å². The van der Waals surface area contributed by atoms with Gasteiger partial charge in [0.25, 0.3) is 0 Å². The first-order valence-corrected chi connectivity index (χ1v) is 13.1. The Morgan fingerprint density at radius 2 is 1.76 bits per heavy atom. The molecule has 2 heterocycles. The predicted octanol–water partition coefficient (Wildman–Crippen LogP) is 4.04. The number of carbonyl (C=O) groups is 1. The lowest BCUT2D eigenvalue weighted by Crippen LogP contribution is -2.43. The molecule has 2 aliphatic rings. The van der Waals surface area contributed by atoms with Crippen LogP contribution in [0.4, 0.5) is 13.2 Å². The highest BCUT2D eigenvalue weighted by molar-refractivity contribution is 7.89. The molecule has 0 unspecified atom stereocenters. The molecule has 1 aliphatic carbocycles. The van der Waals surface area contributed by atoms with E-state index in [0.29, 0.717) is 25.0 Å². The maximum Gasteiger partial charge on any atom is 0.436 e. The van der Waals surface area contributed by atoms with Crippen LogP contribution in [0.3, 0.4) is 0 Å². The summed E-state index contributed by atoms with van der Waals surface area (Å²) < 4.78 is 67.6. The molecule has 1 amide bonds. The highest BCUT2D eigenvalue weighted by Gasteiger charge is 2.42. The van der Waals surface area contributed by atoms with Gasteiger partial charge >= 0.3 is 6.18 Å². The number of rotatable bonds is 8. The fourth-order valence-corrected chi connectivity index (χ4v) is 6.12. The third-order valence-corrected chi connectivity index (χ3v) is 8.50. The SMILES string of the molecule is O=C(NCCCn1nc(C(F)(F)F)c(Cl)c1C1CC1)C1CCN(S(=O)(=O)c2ccccc2)CC1. The van der Waals surface area contributed by atoms with Crippen LogP contribution < -0.4 is 5.32 Å². The summed E-state index contributed by atoms with van der Waals surface area (Å²) in [6, 6.07) is 8.18. The van der Waals surface area contributed by atoms with E-state index >= 15 is 0 Å². The van der Waals surface area contributed by atoms with Gasteiger partial charge < -0.3 is 5.32 Å². The van der Waals surface area contributed by atoms with E-state index in [1.165, 1.54) is 8.99 Å². The molecule has 186 valence electrons. The summed E-state index contributed by atoms with van der Waals surface area (Å²) in [6.07, 6.45) is -1.80. The summed E-state index contributed by atoms with van der Waals surface area (Å²) in [5.74, 6) is -0.475. The fraction of sp³-hybridized carbons (Fsp3) is 0.545. The molecule has 2 aromatic rings. The number of aromatic nitrogens is 2. The highest BCUT2D eigenvalue weighted by Crippen LogP contribution is 2.46.